The summed E-state index contributed by atoms with van der Waals surface area (Å²) in [6.07, 6.45) is 6.12. The van der Waals surface area contributed by atoms with Gasteiger partial charge in [-0.2, -0.15) is 0 Å². The number of hydrogen-bond donors (Lipinski definition) is 0. The lowest BCUT2D eigenvalue weighted by Crippen LogP contribution is -2.09. The Kier molecular flexibility index (Phi) is 4.76. The van der Waals surface area contributed by atoms with Crippen molar-refractivity contribution in [2.45, 2.75) is 20.4 Å². The number of ketones is 1. The van der Waals surface area contributed by atoms with Crippen LogP contribution >= 0.6 is 0 Å². The van der Waals surface area contributed by atoms with E-state index in [9.17, 15) is 4.79 Å². The van der Waals surface area contributed by atoms with Crippen LogP contribution in [0.4, 0.5) is 0 Å². The molecule has 120 valence electrons. The monoisotopic (exact) mass is 315 g/mol. The number of allylic oxidation sites excluding steroid dienone is 1. The minimum absolute atomic E-state index is 0.0592. The topological polar surface area (TPSA) is 22.0 Å². The van der Waals surface area contributed by atoms with E-state index in [2.05, 4.69) is 43.3 Å². The van der Waals surface area contributed by atoms with E-state index in [1.165, 1.54) is 11.1 Å². The lowest BCUT2D eigenvalue weighted by molar-refractivity contribution is 0.103. The molecule has 1 heterocycles. The first-order chi connectivity index (χ1) is 11.6. The molecule has 0 radical (unpaired) electrons. The SMILES string of the molecule is Cc1ccc(C(=O)c2cccn2C/C=C/c2cccc(C)c2)cc1. The van der Waals surface area contributed by atoms with Gasteiger partial charge in [0.1, 0.15) is 0 Å². The molecule has 0 aliphatic heterocycles. The molecule has 0 aliphatic rings. The fraction of sp³-hybridized carbons (Fsp3) is 0.136. The number of nitrogens with zero attached hydrogens (tertiary/aromatic N) is 1. The summed E-state index contributed by atoms with van der Waals surface area (Å²) in [6.45, 7) is 4.78. The predicted octanol–water partition coefficient (Wildman–Crippen LogP) is 5.05. The van der Waals surface area contributed by atoms with E-state index >= 15 is 0 Å². The smallest absolute Gasteiger partial charge is 0.209 e. The minimum atomic E-state index is 0.0592. The Hall–Kier alpha value is -2.87. The number of carbonyl (C=O) groups is 1. The molecule has 0 spiro atoms. The van der Waals surface area contributed by atoms with E-state index in [1.54, 1.807) is 0 Å². The highest BCUT2D eigenvalue weighted by atomic mass is 16.1. The Bertz CT molecular complexity index is 869. The average Bonchev–Trinajstić information content (AvgIpc) is 3.03. The highest BCUT2D eigenvalue weighted by molar-refractivity contribution is 6.08. The molecule has 0 saturated heterocycles. The van der Waals surface area contributed by atoms with Gasteiger partial charge in [-0.3, -0.25) is 4.79 Å². The molecule has 0 unspecified atom stereocenters. The van der Waals surface area contributed by atoms with Gasteiger partial charge in [0.2, 0.25) is 5.78 Å². The summed E-state index contributed by atoms with van der Waals surface area (Å²) in [6, 6.07) is 19.9. The molecule has 0 amide bonds. The van der Waals surface area contributed by atoms with E-state index in [4.69, 9.17) is 0 Å². The normalized spacial score (nSPS) is 11.1. The summed E-state index contributed by atoms with van der Waals surface area (Å²) in [5.41, 5.74) is 5.01. The standard InChI is InChI=1S/C22H21NO/c1-17-10-12-20(13-11-17)22(24)21-9-5-15-23(21)14-4-8-19-7-3-6-18(2)16-19/h3-13,15-16H,14H2,1-2H3/b8-4+. The fourth-order valence-electron chi connectivity index (χ4n) is 2.71. The summed E-state index contributed by atoms with van der Waals surface area (Å²) in [4.78, 5) is 12.7. The zero-order valence-corrected chi connectivity index (χ0v) is 14.1. The van der Waals surface area contributed by atoms with Gasteiger partial charge in [0, 0.05) is 18.3 Å². The second kappa shape index (κ2) is 7.14. The van der Waals surface area contributed by atoms with Crippen LogP contribution in [0.3, 0.4) is 0 Å². The molecular formula is C22H21NO. The summed E-state index contributed by atoms with van der Waals surface area (Å²) >= 11 is 0. The third-order valence-corrected chi connectivity index (χ3v) is 4.03. The molecule has 2 heteroatoms. The van der Waals surface area contributed by atoms with Crippen molar-refractivity contribution in [2.75, 3.05) is 0 Å². The summed E-state index contributed by atoms with van der Waals surface area (Å²) in [7, 11) is 0. The van der Waals surface area contributed by atoms with Gasteiger partial charge in [-0.15, -0.1) is 0 Å². The molecule has 0 atom stereocenters. The molecule has 2 aromatic carbocycles. The van der Waals surface area contributed by atoms with Crippen LogP contribution in [-0.4, -0.2) is 10.4 Å². The maximum absolute atomic E-state index is 12.7. The molecule has 0 aliphatic carbocycles. The van der Waals surface area contributed by atoms with Crippen molar-refractivity contribution in [1.29, 1.82) is 0 Å². The summed E-state index contributed by atoms with van der Waals surface area (Å²) < 4.78 is 1.98. The molecule has 2 nitrogen and oxygen atoms in total. The molecular weight excluding hydrogens is 294 g/mol. The Morgan fingerprint density at radius 3 is 2.50 bits per heavy atom. The second-order valence-electron chi connectivity index (χ2n) is 6.06. The summed E-state index contributed by atoms with van der Waals surface area (Å²) in [5.74, 6) is 0.0592. The predicted molar refractivity (Wildman–Crippen MR) is 99.3 cm³/mol. The third-order valence-electron chi connectivity index (χ3n) is 4.03. The fourth-order valence-corrected chi connectivity index (χ4v) is 2.71. The van der Waals surface area contributed by atoms with E-state index < -0.39 is 0 Å². The molecule has 3 rings (SSSR count). The molecule has 0 fully saturated rings. The molecule has 0 N–H and O–H groups in total. The van der Waals surface area contributed by atoms with Crippen molar-refractivity contribution in [3.05, 3.63) is 101 Å². The van der Waals surface area contributed by atoms with Crippen molar-refractivity contribution in [1.82, 2.24) is 4.57 Å². The number of aromatic nitrogens is 1. The first kappa shape index (κ1) is 16.0. The maximum atomic E-state index is 12.7. The van der Waals surface area contributed by atoms with Crippen LogP contribution in [0.1, 0.15) is 32.7 Å². The van der Waals surface area contributed by atoms with E-state index in [0.717, 1.165) is 11.1 Å². The molecule has 24 heavy (non-hydrogen) atoms. The lowest BCUT2D eigenvalue weighted by Gasteiger charge is -2.06. The van der Waals surface area contributed by atoms with Crippen molar-refractivity contribution in [2.24, 2.45) is 0 Å². The van der Waals surface area contributed by atoms with Crippen LogP contribution in [0, 0.1) is 13.8 Å². The van der Waals surface area contributed by atoms with E-state index in [1.807, 2.05) is 54.1 Å². The Morgan fingerprint density at radius 2 is 1.75 bits per heavy atom. The number of benzene rings is 2. The highest BCUT2D eigenvalue weighted by Gasteiger charge is 2.12. The first-order valence-electron chi connectivity index (χ1n) is 8.13. The Labute approximate surface area is 143 Å². The van der Waals surface area contributed by atoms with Crippen molar-refractivity contribution >= 4 is 11.9 Å². The van der Waals surface area contributed by atoms with Crippen LogP contribution in [-0.2, 0) is 6.54 Å². The van der Waals surface area contributed by atoms with Crippen LogP contribution in [0.15, 0.2) is 72.9 Å². The Morgan fingerprint density at radius 1 is 0.958 bits per heavy atom. The van der Waals surface area contributed by atoms with Gasteiger partial charge < -0.3 is 4.57 Å². The van der Waals surface area contributed by atoms with Gasteiger partial charge in [0.15, 0.2) is 0 Å². The zero-order valence-electron chi connectivity index (χ0n) is 14.1. The van der Waals surface area contributed by atoms with Gasteiger partial charge in [-0.05, 0) is 31.5 Å². The van der Waals surface area contributed by atoms with E-state index in [0.29, 0.717) is 12.2 Å². The van der Waals surface area contributed by atoms with Crippen molar-refractivity contribution < 1.29 is 4.79 Å². The quantitative estimate of drug-likeness (QED) is 0.604. The molecule has 3 aromatic rings. The Balaban J connectivity index is 1.75. The number of carbonyl (C=O) groups excluding carboxylic acids is 1. The average molecular weight is 315 g/mol. The first-order valence-corrected chi connectivity index (χ1v) is 8.13. The number of aryl methyl sites for hydroxylation is 2. The highest BCUT2D eigenvalue weighted by Crippen LogP contribution is 2.13. The van der Waals surface area contributed by atoms with Crippen LogP contribution in [0.2, 0.25) is 0 Å². The van der Waals surface area contributed by atoms with Crippen molar-refractivity contribution in [3.8, 4) is 0 Å². The number of rotatable bonds is 5. The minimum Gasteiger partial charge on any atom is -0.341 e. The van der Waals surface area contributed by atoms with Gasteiger partial charge in [0.05, 0.1) is 5.69 Å². The molecule has 1 aromatic heterocycles. The lowest BCUT2D eigenvalue weighted by atomic mass is 10.1. The van der Waals surface area contributed by atoms with Crippen molar-refractivity contribution in [3.63, 3.8) is 0 Å². The summed E-state index contributed by atoms with van der Waals surface area (Å²) in [5, 5.41) is 0. The second-order valence-corrected chi connectivity index (χ2v) is 6.06. The van der Waals surface area contributed by atoms with E-state index in [-0.39, 0.29) is 5.78 Å². The van der Waals surface area contributed by atoms with Gasteiger partial charge in [0.25, 0.3) is 0 Å². The van der Waals surface area contributed by atoms with Gasteiger partial charge in [-0.25, -0.2) is 0 Å². The third kappa shape index (κ3) is 3.72. The van der Waals surface area contributed by atoms with Crippen LogP contribution in [0.5, 0.6) is 0 Å². The number of hydrogen-bond acceptors (Lipinski definition) is 1. The zero-order chi connectivity index (χ0) is 16.9. The largest absolute Gasteiger partial charge is 0.341 e. The van der Waals surface area contributed by atoms with Crippen LogP contribution in [0.25, 0.3) is 6.08 Å². The van der Waals surface area contributed by atoms with Gasteiger partial charge in [-0.1, -0.05) is 71.8 Å². The van der Waals surface area contributed by atoms with Crippen LogP contribution < -0.4 is 0 Å². The molecule has 0 bridgehead atoms. The van der Waals surface area contributed by atoms with Gasteiger partial charge >= 0.3 is 0 Å². The maximum Gasteiger partial charge on any atom is 0.209 e. The molecule has 0 saturated carbocycles.